The van der Waals surface area contributed by atoms with Crippen molar-refractivity contribution in [1.82, 2.24) is 14.5 Å². The summed E-state index contributed by atoms with van der Waals surface area (Å²) < 4.78 is 6.32. The topological polar surface area (TPSA) is 30.7 Å². The molecule has 0 unspecified atom stereocenters. The van der Waals surface area contributed by atoms with E-state index in [9.17, 15) is 0 Å². The van der Waals surface area contributed by atoms with E-state index in [4.69, 9.17) is 0 Å². The van der Waals surface area contributed by atoms with E-state index in [2.05, 4.69) is 93.4 Å². The summed E-state index contributed by atoms with van der Waals surface area (Å²) in [5.74, 6) is 0. The minimum atomic E-state index is 1.03. The van der Waals surface area contributed by atoms with Crippen LogP contribution < -0.4 is 0 Å². The number of fused-ring (bicyclic) bond motifs is 10. The number of hydrogen-bond acceptors (Lipinski definition) is 4. The lowest BCUT2D eigenvalue weighted by Gasteiger charge is -2.09. The highest BCUT2D eigenvalue weighted by Gasteiger charge is 2.19. The van der Waals surface area contributed by atoms with Gasteiger partial charge in [-0.15, -0.1) is 22.7 Å². The molecule has 154 valence electrons. The zero-order valence-electron chi connectivity index (χ0n) is 17.3. The van der Waals surface area contributed by atoms with Crippen LogP contribution in [0.1, 0.15) is 0 Å². The molecule has 8 aromatic rings. The standard InChI is InChI=1S/C28H15N3S2/c1-3-7-22-17(5-1)19-10-12-25-26(21-14-29-15-30-28(21)33-25)27(19)31(22)16-9-11-24-20(13-16)18-6-2-4-8-23(18)32-24/h1-15H. The van der Waals surface area contributed by atoms with Crippen molar-refractivity contribution < 1.29 is 0 Å². The maximum absolute atomic E-state index is 4.55. The Morgan fingerprint density at radius 3 is 2.42 bits per heavy atom. The lowest BCUT2D eigenvalue weighted by molar-refractivity contribution is 1.19. The molecule has 0 saturated heterocycles. The SMILES string of the molecule is c1ccc2c(c1)sc1ccc(-n3c4ccccc4c4ccc5sc6ncncc6c5c43)cc12. The Morgan fingerprint density at radius 1 is 0.636 bits per heavy atom. The maximum Gasteiger partial charge on any atom is 0.127 e. The van der Waals surface area contributed by atoms with E-state index >= 15 is 0 Å². The summed E-state index contributed by atoms with van der Waals surface area (Å²) in [5, 5.41) is 7.51. The Morgan fingerprint density at radius 2 is 1.45 bits per heavy atom. The first kappa shape index (κ1) is 17.7. The molecule has 5 heteroatoms. The van der Waals surface area contributed by atoms with Gasteiger partial charge in [0, 0.05) is 58.3 Å². The highest BCUT2D eigenvalue weighted by Crippen LogP contribution is 2.43. The molecule has 0 aliphatic carbocycles. The Hall–Kier alpha value is -3.80. The molecular formula is C28H15N3S2. The van der Waals surface area contributed by atoms with E-state index in [1.54, 1.807) is 17.7 Å². The number of para-hydroxylation sites is 1. The third-order valence-corrected chi connectivity index (χ3v) is 8.80. The molecule has 0 fully saturated rings. The molecule has 33 heavy (non-hydrogen) atoms. The Balaban J connectivity index is 1.60. The van der Waals surface area contributed by atoms with Crippen LogP contribution in [-0.4, -0.2) is 14.5 Å². The summed E-state index contributed by atoms with van der Waals surface area (Å²) in [6.45, 7) is 0. The van der Waals surface area contributed by atoms with Crippen molar-refractivity contribution in [2.45, 2.75) is 0 Å². The summed E-state index contributed by atoms with van der Waals surface area (Å²) in [4.78, 5) is 9.93. The van der Waals surface area contributed by atoms with Crippen molar-refractivity contribution in [3.8, 4) is 5.69 Å². The summed E-state index contributed by atoms with van der Waals surface area (Å²) in [6.07, 6.45) is 3.60. The molecule has 0 atom stereocenters. The number of rotatable bonds is 1. The van der Waals surface area contributed by atoms with Crippen molar-refractivity contribution in [2.24, 2.45) is 0 Å². The van der Waals surface area contributed by atoms with Crippen LogP contribution in [0.3, 0.4) is 0 Å². The van der Waals surface area contributed by atoms with Crippen molar-refractivity contribution >= 4 is 85.0 Å². The zero-order valence-corrected chi connectivity index (χ0v) is 19.0. The van der Waals surface area contributed by atoms with Gasteiger partial charge in [0.2, 0.25) is 0 Å². The number of hydrogen-bond donors (Lipinski definition) is 0. The van der Waals surface area contributed by atoms with E-state index < -0.39 is 0 Å². The highest BCUT2D eigenvalue weighted by molar-refractivity contribution is 7.26. The molecule has 3 nitrogen and oxygen atoms in total. The number of thiophene rings is 2. The molecule has 0 bridgehead atoms. The summed E-state index contributed by atoms with van der Waals surface area (Å²) in [5.41, 5.74) is 3.63. The van der Waals surface area contributed by atoms with Gasteiger partial charge in [-0.2, -0.15) is 0 Å². The third-order valence-electron chi connectivity index (χ3n) is 6.57. The fraction of sp³-hybridized carbons (Fsp3) is 0. The largest absolute Gasteiger partial charge is 0.309 e. The molecule has 0 aliphatic heterocycles. The second kappa shape index (κ2) is 6.38. The van der Waals surface area contributed by atoms with Gasteiger partial charge < -0.3 is 4.57 Å². The minimum Gasteiger partial charge on any atom is -0.309 e. The molecule has 4 aromatic heterocycles. The fourth-order valence-corrected chi connectivity index (χ4v) is 7.29. The Kier molecular flexibility index (Phi) is 3.42. The number of nitrogens with zero attached hydrogens (tertiary/aromatic N) is 3. The average molecular weight is 458 g/mol. The first-order chi connectivity index (χ1) is 16.4. The van der Waals surface area contributed by atoms with Crippen LogP contribution in [0.4, 0.5) is 0 Å². The minimum absolute atomic E-state index is 1.03. The van der Waals surface area contributed by atoms with Crippen molar-refractivity contribution in [1.29, 1.82) is 0 Å². The second-order valence-electron chi connectivity index (χ2n) is 8.31. The van der Waals surface area contributed by atoms with E-state index in [1.807, 2.05) is 17.5 Å². The molecule has 0 spiro atoms. The van der Waals surface area contributed by atoms with Crippen LogP contribution in [-0.2, 0) is 0 Å². The molecule has 4 aromatic carbocycles. The predicted molar refractivity (Wildman–Crippen MR) is 142 cm³/mol. The van der Waals surface area contributed by atoms with Gasteiger partial charge in [0.25, 0.3) is 0 Å². The third kappa shape index (κ3) is 2.33. The van der Waals surface area contributed by atoms with Crippen LogP contribution in [0, 0.1) is 0 Å². The second-order valence-corrected chi connectivity index (χ2v) is 10.4. The van der Waals surface area contributed by atoms with Gasteiger partial charge in [0.1, 0.15) is 11.2 Å². The summed E-state index contributed by atoms with van der Waals surface area (Å²) in [7, 11) is 0. The molecule has 0 amide bonds. The van der Waals surface area contributed by atoms with Gasteiger partial charge in [-0.3, -0.25) is 0 Å². The Bertz CT molecular complexity index is 2040. The van der Waals surface area contributed by atoms with Crippen LogP contribution in [0.5, 0.6) is 0 Å². The van der Waals surface area contributed by atoms with Gasteiger partial charge in [-0.05, 0) is 36.4 Å². The van der Waals surface area contributed by atoms with Gasteiger partial charge >= 0.3 is 0 Å². The van der Waals surface area contributed by atoms with E-state index in [1.165, 1.54) is 57.8 Å². The molecule has 0 N–H and O–H groups in total. The van der Waals surface area contributed by atoms with E-state index in [0.717, 1.165) is 10.2 Å². The van der Waals surface area contributed by atoms with Crippen molar-refractivity contribution in [3.63, 3.8) is 0 Å². The normalized spacial score (nSPS) is 12.2. The highest BCUT2D eigenvalue weighted by atomic mass is 32.1. The van der Waals surface area contributed by atoms with E-state index in [0.29, 0.717) is 0 Å². The lowest BCUT2D eigenvalue weighted by Crippen LogP contribution is -1.94. The maximum atomic E-state index is 4.55. The molecule has 8 rings (SSSR count). The van der Waals surface area contributed by atoms with Gasteiger partial charge in [0.15, 0.2) is 0 Å². The molecular weight excluding hydrogens is 442 g/mol. The summed E-state index contributed by atoms with van der Waals surface area (Å²) in [6, 6.07) is 28.8. The van der Waals surface area contributed by atoms with Gasteiger partial charge in [-0.1, -0.05) is 42.5 Å². The van der Waals surface area contributed by atoms with Crippen LogP contribution in [0.2, 0.25) is 0 Å². The number of aromatic nitrogens is 3. The summed E-state index contributed by atoms with van der Waals surface area (Å²) >= 11 is 3.59. The van der Waals surface area contributed by atoms with Crippen LogP contribution >= 0.6 is 22.7 Å². The van der Waals surface area contributed by atoms with E-state index in [-0.39, 0.29) is 0 Å². The average Bonchev–Trinajstić information content (AvgIpc) is 3.52. The van der Waals surface area contributed by atoms with Crippen molar-refractivity contribution in [2.75, 3.05) is 0 Å². The molecule has 4 heterocycles. The molecule has 0 aliphatic rings. The smallest absolute Gasteiger partial charge is 0.127 e. The van der Waals surface area contributed by atoms with Gasteiger partial charge in [0.05, 0.1) is 11.0 Å². The first-order valence-corrected chi connectivity index (χ1v) is 12.5. The van der Waals surface area contributed by atoms with Crippen LogP contribution in [0.25, 0.3) is 68.0 Å². The first-order valence-electron chi connectivity index (χ1n) is 10.8. The van der Waals surface area contributed by atoms with Gasteiger partial charge in [-0.25, -0.2) is 9.97 Å². The fourth-order valence-electron chi connectivity index (χ4n) is 5.18. The monoisotopic (exact) mass is 457 g/mol. The van der Waals surface area contributed by atoms with Crippen LogP contribution in [0.15, 0.2) is 91.4 Å². The lowest BCUT2D eigenvalue weighted by atomic mass is 10.1. The molecule has 0 radical (unpaired) electrons. The number of benzene rings is 4. The quantitative estimate of drug-likeness (QED) is 0.248. The van der Waals surface area contributed by atoms with Crippen molar-refractivity contribution in [3.05, 3.63) is 91.4 Å². The Labute approximate surface area is 196 Å². The molecule has 0 saturated carbocycles. The zero-order chi connectivity index (χ0) is 21.5. The predicted octanol–water partition coefficient (Wildman–Crippen LogP) is 8.31.